The van der Waals surface area contributed by atoms with Gasteiger partial charge in [-0.2, -0.15) is 0 Å². The first-order valence-electron chi connectivity index (χ1n) is 6.24. The molecule has 3 N–H and O–H groups in total. The third-order valence-electron chi connectivity index (χ3n) is 2.48. The van der Waals surface area contributed by atoms with E-state index in [1.54, 1.807) is 0 Å². The Morgan fingerprint density at radius 1 is 1.32 bits per heavy atom. The molecule has 0 spiro atoms. The van der Waals surface area contributed by atoms with Crippen molar-refractivity contribution in [1.29, 1.82) is 0 Å². The van der Waals surface area contributed by atoms with Crippen molar-refractivity contribution in [1.82, 2.24) is 0 Å². The van der Waals surface area contributed by atoms with Gasteiger partial charge in [0.25, 0.3) is 0 Å². The Bertz CT molecular complexity index is 613. The van der Waals surface area contributed by atoms with E-state index in [9.17, 15) is 21.6 Å². The number of rotatable bonds is 6. The molecule has 0 atom stereocenters. The maximum atomic E-state index is 12.0. The number of nitrogens with one attached hydrogen (secondary N) is 1. The number of aliphatic imine (C=N–C) groups is 1. The second-order valence-electron chi connectivity index (χ2n) is 4.20. The van der Waals surface area contributed by atoms with Crippen molar-refractivity contribution in [3.05, 3.63) is 24.3 Å². The molecule has 0 bridgehead atoms. The summed E-state index contributed by atoms with van der Waals surface area (Å²) in [5.41, 5.74) is 5.95. The quantitative estimate of drug-likeness (QED) is 0.608. The van der Waals surface area contributed by atoms with Crippen LogP contribution >= 0.6 is 0 Å². The van der Waals surface area contributed by atoms with E-state index in [0.717, 1.165) is 12.1 Å². The van der Waals surface area contributed by atoms with E-state index in [1.165, 1.54) is 19.1 Å². The van der Waals surface area contributed by atoms with Crippen molar-refractivity contribution < 1.29 is 26.3 Å². The van der Waals surface area contributed by atoms with Gasteiger partial charge in [-0.05, 0) is 24.3 Å². The topological polar surface area (TPSA) is 93.8 Å². The molecule has 0 saturated carbocycles. The van der Waals surface area contributed by atoms with Crippen LogP contribution in [-0.2, 0) is 9.84 Å². The highest BCUT2D eigenvalue weighted by Crippen LogP contribution is 2.23. The molecule has 0 unspecified atom stereocenters. The lowest BCUT2D eigenvalue weighted by atomic mass is 10.3. The minimum absolute atomic E-state index is 0.00424. The summed E-state index contributed by atoms with van der Waals surface area (Å²) >= 11 is 0. The number of nitrogens with zero attached hydrogens (tertiary/aromatic N) is 1. The summed E-state index contributed by atoms with van der Waals surface area (Å²) in [6.45, 7) is 1.54. The van der Waals surface area contributed by atoms with Gasteiger partial charge in [0.05, 0.1) is 12.3 Å². The normalized spacial score (nSPS) is 13.0. The van der Waals surface area contributed by atoms with E-state index in [2.05, 4.69) is 15.0 Å². The Kier molecular flexibility index (Phi) is 6.03. The molecule has 124 valence electrons. The average Bonchev–Trinajstić information content (AvgIpc) is 2.39. The van der Waals surface area contributed by atoms with Gasteiger partial charge in [0.2, 0.25) is 0 Å². The molecule has 0 aromatic heterocycles. The molecule has 1 aromatic rings. The zero-order valence-corrected chi connectivity index (χ0v) is 12.5. The van der Waals surface area contributed by atoms with Gasteiger partial charge in [0.15, 0.2) is 15.8 Å². The second-order valence-corrected chi connectivity index (χ2v) is 6.67. The van der Waals surface area contributed by atoms with Crippen LogP contribution in [0.1, 0.15) is 6.92 Å². The van der Waals surface area contributed by atoms with Crippen LogP contribution in [0.5, 0.6) is 5.75 Å². The van der Waals surface area contributed by atoms with Crippen molar-refractivity contribution in [2.24, 2.45) is 10.7 Å². The van der Waals surface area contributed by atoms with Gasteiger partial charge in [0, 0.05) is 11.4 Å². The fourth-order valence-corrected chi connectivity index (χ4v) is 2.04. The zero-order valence-electron chi connectivity index (χ0n) is 11.7. The molecule has 0 heterocycles. The fraction of sp³-hybridized carbons (Fsp3) is 0.417. The number of sulfone groups is 1. The van der Waals surface area contributed by atoms with Gasteiger partial charge in [-0.15, -0.1) is 13.2 Å². The molecule has 0 fully saturated rings. The predicted molar refractivity (Wildman–Crippen MR) is 77.6 cm³/mol. The summed E-state index contributed by atoms with van der Waals surface area (Å²) in [6.07, 6.45) is -4.75. The maximum Gasteiger partial charge on any atom is 0.573 e. The fourth-order valence-electron chi connectivity index (χ4n) is 1.38. The number of halogens is 3. The average molecular weight is 339 g/mol. The molecule has 0 aliphatic rings. The van der Waals surface area contributed by atoms with Crippen LogP contribution in [0, 0.1) is 0 Å². The Morgan fingerprint density at radius 2 is 1.91 bits per heavy atom. The number of anilines is 1. The first-order valence-corrected chi connectivity index (χ1v) is 8.06. The summed E-state index contributed by atoms with van der Waals surface area (Å²) in [5, 5.41) is 2.63. The van der Waals surface area contributed by atoms with E-state index in [1.807, 2.05) is 0 Å². The molecule has 0 aliphatic carbocycles. The van der Waals surface area contributed by atoms with Crippen molar-refractivity contribution in [3.8, 4) is 5.75 Å². The maximum absolute atomic E-state index is 12.0. The Labute approximate surface area is 126 Å². The molecule has 10 heteroatoms. The Hall–Kier alpha value is -1.97. The highest BCUT2D eigenvalue weighted by molar-refractivity contribution is 7.91. The minimum Gasteiger partial charge on any atom is -0.406 e. The van der Waals surface area contributed by atoms with Crippen LogP contribution in [-0.4, -0.2) is 38.8 Å². The number of alkyl halides is 3. The van der Waals surface area contributed by atoms with Crippen LogP contribution in [0.3, 0.4) is 0 Å². The number of guanidine groups is 1. The standard InChI is InChI=1S/C12H16F3N3O3S/c1-2-22(19,20)8-7-17-11(16)18-9-3-5-10(6-4-9)21-12(13,14)15/h3-6H,2,7-8H2,1H3,(H3,16,17,18). The lowest BCUT2D eigenvalue weighted by Gasteiger charge is -2.10. The Morgan fingerprint density at radius 3 is 2.41 bits per heavy atom. The minimum atomic E-state index is -4.75. The molecule has 0 aliphatic heterocycles. The molecule has 22 heavy (non-hydrogen) atoms. The van der Waals surface area contributed by atoms with Crippen LogP contribution in [0.2, 0.25) is 0 Å². The molecule has 1 aromatic carbocycles. The van der Waals surface area contributed by atoms with Gasteiger partial charge >= 0.3 is 6.36 Å². The SMILES string of the molecule is CCS(=O)(=O)CCN=C(N)Nc1ccc(OC(F)(F)F)cc1. The first kappa shape index (κ1) is 18.1. The summed E-state index contributed by atoms with van der Waals surface area (Å²) in [7, 11) is -3.12. The van der Waals surface area contributed by atoms with E-state index in [4.69, 9.17) is 5.73 Å². The van der Waals surface area contributed by atoms with Crippen LogP contribution in [0.15, 0.2) is 29.3 Å². The van der Waals surface area contributed by atoms with Crippen LogP contribution < -0.4 is 15.8 Å². The second kappa shape index (κ2) is 7.34. The molecule has 0 saturated heterocycles. The van der Waals surface area contributed by atoms with Gasteiger partial charge in [-0.3, -0.25) is 4.99 Å². The molecule has 0 amide bonds. The van der Waals surface area contributed by atoms with Crippen LogP contribution in [0.25, 0.3) is 0 Å². The van der Waals surface area contributed by atoms with Gasteiger partial charge in [-0.1, -0.05) is 6.92 Å². The molecule has 6 nitrogen and oxygen atoms in total. The summed E-state index contributed by atoms with van der Waals surface area (Å²) in [5.74, 6) is -0.487. The predicted octanol–water partition coefficient (Wildman–Crippen LogP) is 1.75. The van der Waals surface area contributed by atoms with E-state index < -0.39 is 16.2 Å². The van der Waals surface area contributed by atoms with E-state index >= 15 is 0 Å². The summed E-state index contributed by atoms with van der Waals surface area (Å²) < 4.78 is 62.2. The van der Waals surface area contributed by atoms with E-state index in [-0.39, 0.29) is 29.8 Å². The highest BCUT2D eigenvalue weighted by Gasteiger charge is 2.30. The van der Waals surface area contributed by atoms with Gasteiger partial charge < -0.3 is 15.8 Å². The van der Waals surface area contributed by atoms with Crippen molar-refractivity contribution >= 4 is 21.5 Å². The molecule has 1 rings (SSSR count). The summed E-state index contributed by atoms with van der Waals surface area (Å²) in [4.78, 5) is 3.83. The lowest BCUT2D eigenvalue weighted by Crippen LogP contribution is -2.24. The Balaban J connectivity index is 2.56. The van der Waals surface area contributed by atoms with Crippen LogP contribution in [0.4, 0.5) is 18.9 Å². The number of nitrogens with two attached hydrogens (primary N) is 1. The number of hydrogen-bond acceptors (Lipinski definition) is 4. The third-order valence-corrected chi connectivity index (χ3v) is 4.17. The van der Waals surface area contributed by atoms with Crippen molar-refractivity contribution in [2.75, 3.05) is 23.4 Å². The van der Waals surface area contributed by atoms with Gasteiger partial charge in [-0.25, -0.2) is 8.42 Å². The zero-order chi connectivity index (χ0) is 16.8. The van der Waals surface area contributed by atoms with Crippen molar-refractivity contribution in [3.63, 3.8) is 0 Å². The number of ether oxygens (including phenoxy) is 1. The smallest absolute Gasteiger partial charge is 0.406 e. The third kappa shape index (κ3) is 7.16. The largest absolute Gasteiger partial charge is 0.573 e. The lowest BCUT2D eigenvalue weighted by molar-refractivity contribution is -0.274. The van der Waals surface area contributed by atoms with Gasteiger partial charge in [0.1, 0.15) is 5.75 Å². The molecular weight excluding hydrogens is 323 g/mol. The molecular formula is C12H16F3N3O3S. The number of hydrogen-bond donors (Lipinski definition) is 2. The first-order chi connectivity index (χ1) is 10.1. The van der Waals surface area contributed by atoms with E-state index in [0.29, 0.717) is 5.69 Å². The summed E-state index contributed by atoms with van der Waals surface area (Å²) in [6, 6.07) is 4.88. The monoisotopic (exact) mass is 339 g/mol. The molecule has 0 radical (unpaired) electrons. The highest BCUT2D eigenvalue weighted by atomic mass is 32.2. The van der Waals surface area contributed by atoms with Crippen molar-refractivity contribution in [2.45, 2.75) is 13.3 Å². The number of benzene rings is 1.